The number of fused-ring (bicyclic) bond motifs is 1. The Morgan fingerprint density at radius 1 is 1.15 bits per heavy atom. The molecule has 0 atom stereocenters. The Labute approximate surface area is 77.7 Å². The number of nitrogens with zero attached hydrogens (tertiary/aromatic N) is 1. The van der Waals surface area contributed by atoms with Gasteiger partial charge in [-0.15, -0.1) is 0 Å². The highest BCUT2D eigenvalue weighted by atomic mass is 14.6. The minimum absolute atomic E-state index is 1.05. The lowest BCUT2D eigenvalue weighted by molar-refractivity contribution is 1.41. The first kappa shape index (κ1) is 7.99. The average molecular weight is 169 g/mol. The third kappa shape index (κ3) is 1.45. The minimum Gasteiger partial charge on any atom is -0.256 e. The molecular weight excluding hydrogens is 158 g/mol. The Kier molecular flexibility index (Phi) is 2.09. The van der Waals surface area contributed by atoms with Gasteiger partial charge in [0.05, 0.1) is 5.52 Å². The van der Waals surface area contributed by atoms with E-state index in [1.54, 1.807) is 0 Å². The summed E-state index contributed by atoms with van der Waals surface area (Å²) in [5.74, 6) is 0. The maximum absolute atomic E-state index is 4.29. The van der Waals surface area contributed by atoms with E-state index in [1.165, 1.54) is 10.9 Å². The third-order valence-electron chi connectivity index (χ3n) is 2.03. The summed E-state index contributed by atoms with van der Waals surface area (Å²) in [4.78, 5) is 4.29. The molecule has 2 aromatic rings. The standard InChI is InChI=1S/C12H11N/c1-2-5-10-6-3-8-12-11(10)7-4-9-13-12/h2-9H,1H3/b5-2+. The number of pyridine rings is 1. The second-order valence-corrected chi connectivity index (χ2v) is 2.92. The van der Waals surface area contributed by atoms with Crippen molar-refractivity contribution in [2.45, 2.75) is 6.92 Å². The molecule has 64 valence electrons. The van der Waals surface area contributed by atoms with E-state index < -0.39 is 0 Å². The van der Waals surface area contributed by atoms with Crippen LogP contribution in [0.5, 0.6) is 0 Å². The zero-order valence-corrected chi connectivity index (χ0v) is 7.57. The molecule has 0 bridgehead atoms. The lowest BCUT2D eigenvalue weighted by atomic mass is 10.1. The second-order valence-electron chi connectivity index (χ2n) is 2.92. The molecule has 2 rings (SSSR count). The van der Waals surface area contributed by atoms with Crippen molar-refractivity contribution >= 4 is 17.0 Å². The molecule has 1 heteroatoms. The van der Waals surface area contributed by atoms with Gasteiger partial charge in [-0.3, -0.25) is 4.98 Å². The first-order valence-corrected chi connectivity index (χ1v) is 4.38. The molecule has 0 radical (unpaired) electrons. The molecule has 0 fully saturated rings. The molecule has 1 nitrogen and oxygen atoms in total. The van der Waals surface area contributed by atoms with E-state index in [0.29, 0.717) is 0 Å². The summed E-state index contributed by atoms with van der Waals surface area (Å²) < 4.78 is 0. The van der Waals surface area contributed by atoms with Crippen LogP contribution in [0.2, 0.25) is 0 Å². The molecule has 13 heavy (non-hydrogen) atoms. The summed E-state index contributed by atoms with van der Waals surface area (Å²) in [5.41, 5.74) is 2.28. The number of rotatable bonds is 1. The van der Waals surface area contributed by atoms with Crippen LogP contribution in [0.3, 0.4) is 0 Å². The van der Waals surface area contributed by atoms with Gasteiger partial charge in [-0.1, -0.05) is 30.4 Å². The van der Waals surface area contributed by atoms with E-state index in [2.05, 4.69) is 23.2 Å². The van der Waals surface area contributed by atoms with Crippen LogP contribution in [0.4, 0.5) is 0 Å². The fourth-order valence-electron chi connectivity index (χ4n) is 1.45. The molecule has 0 N–H and O–H groups in total. The minimum atomic E-state index is 1.05. The van der Waals surface area contributed by atoms with E-state index in [4.69, 9.17) is 0 Å². The van der Waals surface area contributed by atoms with Gasteiger partial charge < -0.3 is 0 Å². The van der Waals surface area contributed by atoms with Crippen LogP contribution in [0.15, 0.2) is 42.6 Å². The SMILES string of the molecule is C/C=C/c1cccc2ncccc12. The smallest absolute Gasteiger partial charge is 0.0707 e. The maximum Gasteiger partial charge on any atom is 0.0707 e. The van der Waals surface area contributed by atoms with Gasteiger partial charge in [0.25, 0.3) is 0 Å². The highest BCUT2D eigenvalue weighted by Gasteiger charge is 1.95. The fourth-order valence-corrected chi connectivity index (χ4v) is 1.45. The van der Waals surface area contributed by atoms with E-state index >= 15 is 0 Å². The molecule has 1 heterocycles. The summed E-state index contributed by atoms with van der Waals surface area (Å²) in [6.07, 6.45) is 5.97. The lowest BCUT2D eigenvalue weighted by Gasteiger charge is -1.99. The Bertz CT molecular complexity index is 438. The van der Waals surface area contributed by atoms with Gasteiger partial charge in [-0.25, -0.2) is 0 Å². The molecule has 1 aromatic carbocycles. The van der Waals surface area contributed by atoms with Crippen LogP contribution in [0.25, 0.3) is 17.0 Å². The van der Waals surface area contributed by atoms with Gasteiger partial charge in [0.1, 0.15) is 0 Å². The van der Waals surface area contributed by atoms with E-state index in [-0.39, 0.29) is 0 Å². The molecule has 1 aromatic heterocycles. The zero-order valence-electron chi connectivity index (χ0n) is 7.57. The summed E-state index contributed by atoms with van der Waals surface area (Å²) in [6, 6.07) is 10.2. The molecule has 0 aliphatic rings. The number of hydrogen-bond acceptors (Lipinski definition) is 1. The van der Waals surface area contributed by atoms with Crippen LogP contribution in [0, 0.1) is 0 Å². The van der Waals surface area contributed by atoms with Crippen molar-refractivity contribution in [3.05, 3.63) is 48.2 Å². The van der Waals surface area contributed by atoms with E-state index in [9.17, 15) is 0 Å². The maximum atomic E-state index is 4.29. The van der Waals surface area contributed by atoms with Crippen LogP contribution >= 0.6 is 0 Å². The average Bonchev–Trinajstić information content (AvgIpc) is 2.19. The molecule has 0 saturated carbocycles. The Morgan fingerprint density at radius 3 is 2.92 bits per heavy atom. The highest BCUT2D eigenvalue weighted by Crippen LogP contribution is 2.17. The predicted octanol–water partition coefficient (Wildman–Crippen LogP) is 3.27. The zero-order chi connectivity index (χ0) is 9.10. The largest absolute Gasteiger partial charge is 0.256 e. The Hall–Kier alpha value is -1.63. The van der Waals surface area contributed by atoms with Crippen LogP contribution in [-0.4, -0.2) is 4.98 Å². The first-order chi connectivity index (χ1) is 6.42. The summed E-state index contributed by atoms with van der Waals surface area (Å²) in [6.45, 7) is 2.02. The number of benzene rings is 1. The molecule has 0 amide bonds. The second kappa shape index (κ2) is 3.40. The third-order valence-corrected chi connectivity index (χ3v) is 2.03. The highest BCUT2D eigenvalue weighted by molar-refractivity contribution is 5.87. The number of aromatic nitrogens is 1. The van der Waals surface area contributed by atoms with Crippen molar-refractivity contribution in [1.82, 2.24) is 4.98 Å². The number of hydrogen-bond donors (Lipinski definition) is 0. The normalized spacial score (nSPS) is 11.2. The monoisotopic (exact) mass is 169 g/mol. The van der Waals surface area contributed by atoms with Gasteiger partial charge >= 0.3 is 0 Å². The van der Waals surface area contributed by atoms with Gasteiger partial charge in [0.15, 0.2) is 0 Å². The van der Waals surface area contributed by atoms with Gasteiger partial charge in [0.2, 0.25) is 0 Å². The number of allylic oxidation sites excluding steroid dienone is 1. The summed E-state index contributed by atoms with van der Waals surface area (Å²) in [7, 11) is 0. The molecule has 0 spiro atoms. The van der Waals surface area contributed by atoms with Crippen molar-refractivity contribution in [2.24, 2.45) is 0 Å². The van der Waals surface area contributed by atoms with E-state index in [1.807, 2.05) is 37.4 Å². The molecule has 0 unspecified atom stereocenters. The van der Waals surface area contributed by atoms with Crippen molar-refractivity contribution in [1.29, 1.82) is 0 Å². The molecule has 0 aliphatic heterocycles. The van der Waals surface area contributed by atoms with Gasteiger partial charge in [0, 0.05) is 11.6 Å². The summed E-state index contributed by atoms with van der Waals surface area (Å²) >= 11 is 0. The van der Waals surface area contributed by atoms with Crippen LogP contribution in [0.1, 0.15) is 12.5 Å². The molecular formula is C12H11N. The lowest BCUT2D eigenvalue weighted by Crippen LogP contribution is -1.80. The topological polar surface area (TPSA) is 12.9 Å². The van der Waals surface area contributed by atoms with Crippen molar-refractivity contribution < 1.29 is 0 Å². The Balaban J connectivity index is 2.75. The van der Waals surface area contributed by atoms with E-state index in [0.717, 1.165) is 5.52 Å². The predicted molar refractivity (Wildman–Crippen MR) is 56.5 cm³/mol. The fraction of sp³-hybridized carbons (Fsp3) is 0.0833. The van der Waals surface area contributed by atoms with Crippen molar-refractivity contribution in [2.75, 3.05) is 0 Å². The Morgan fingerprint density at radius 2 is 2.08 bits per heavy atom. The molecule has 0 aliphatic carbocycles. The molecule has 0 saturated heterocycles. The summed E-state index contributed by atoms with van der Waals surface area (Å²) in [5, 5.41) is 1.21. The van der Waals surface area contributed by atoms with Gasteiger partial charge in [-0.05, 0) is 24.6 Å². The van der Waals surface area contributed by atoms with Gasteiger partial charge in [-0.2, -0.15) is 0 Å². The van der Waals surface area contributed by atoms with Crippen molar-refractivity contribution in [3.63, 3.8) is 0 Å². The quantitative estimate of drug-likeness (QED) is 0.638. The van der Waals surface area contributed by atoms with Crippen LogP contribution in [-0.2, 0) is 0 Å². The first-order valence-electron chi connectivity index (χ1n) is 4.38. The van der Waals surface area contributed by atoms with Crippen molar-refractivity contribution in [3.8, 4) is 0 Å². The van der Waals surface area contributed by atoms with Crippen LogP contribution < -0.4 is 0 Å².